The largest absolute Gasteiger partial charge is 0.352 e. The van der Waals surface area contributed by atoms with Crippen LogP contribution in [0.3, 0.4) is 0 Å². The van der Waals surface area contributed by atoms with Crippen molar-refractivity contribution in [2.75, 3.05) is 6.54 Å². The van der Waals surface area contributed by atoms with Crippen molar-refractivity contribution in [3.05, 3.63) is 40.4 Å². The van der Waals surface area contributed by atoms with Gasteiger partial charge in [-0.3, -0.25) is 14.5 Å². The van der Waals surface area contributed by atoms with E-state index in [1.807, 2.05) is 13.8 Å². The number of nitrogens with one attached hydrogen (secondary N) is 2. The Morgan fingerprint density at radius 3 is 2.54 bits per heavy atom. The fourth-order valence-corrected chi connectivity index (χ4v) is 3.91. The summed E-state index contributed by atoms with van der Waals surface area (Å²) in [6.45, 7) is 5.39. The van der Waals surface area contributed by atoms with Crippen LogP contribution < -0.4 is 10.0 Å². The van der Waals surface area contributed by atoms with E-state index in [1.54, 1.807) is 31.2 Å². The first-order valence-electron chi connectivity index (χ1n) is 7.58. The maximum absolute atomic E-state index is 12.4. The molecule has 130 valence electrons. The number of nitrogens with zero attached hydrogens (tertiary/aromatic N) is 1. The fourth-order valence-electron chi connectivity index (χ4n) is 2.26. The molecule has 0 bridgehead atoms. The number of aliphatic imine (C=N–C) groups is 1. The van der Waals surface area contributed by atoms with Crippen LogP contribution in [0.15, 0.2) is 34.8 Å². The predicted octanol–water partition coefficient (Wildman–Crippen LogP) is 2.32. The molecule has 0 fully saturated rings. The molecular formula is C16H20ClN3O3S. The van der Waals surface area contributed by atoms with Gasteiger partial charge in [-0.2, -0.15) is 0 Å². The molecule has 0 aliphatic carbocycles. The quantitative estimate of drug-likeness (QED) is 0.834. The van der Waals surface area contributed by atoms with Gasteiger partial charge in [0.25, 0.3) is 10.0 Å². The van der Waals surface area contributed by atoms with Crippen molar-refractivity contribution in [1.82, 2.24) is 10.0 Å². The van der Waals surface area contributed by atoms with E-state index in [1.165, 1.54) is 0 Å². The summed E-state index contributed by atoms with van der Waals surface area (Å²) >= 11 is 5.84. The second-order valence-corrected chi connectivity index (χ2v) is 7.66. The number of benzene rings is 1. The number of rotatable bonds is 5. The monoisotopic (exact) mass is 369 g/mol. The molecule has 1 aliphatic rings. The second-order valence-electron chi connectivity index (χ2n) is 5.61. The van der Waals surface area contributed by atoms with Crippen molar-refractivity contribution >= 4 is 38.3 Å². The second kappa shape index (κ2) is 7.36. The normalized spacial score (nSPS) is 19.2. The molecule has 1 aromatic rings. The van der Waals surface area contributed by atoms with Crippen LogP contribution in [0.5, 0.6) is 0 Å². The molecule has 0 saturated heterocycles. The van der Waals surface area contributed by atoms with Crippen molar-refractivity contribution < 1.29 is 13.2 Å². The number of hydrogen-bond acceptors (Lipinski definition) is 4. The van der Waals surface area contributed by atoms with Crippen LogP contribution in [-0.4, -0.2) is 32.7 Å². The smallest absolute Gasteiger partial charge is 0.264 e. The maximum atomic E-state index is 12.4. The Morgan fingerprint density at radius 2 is 1.96 bits per heavy atom. The van der Waals surface area contributed by atoms with Gasteiger partial charge in [0, 0.05) is 16.6 Å². The van der Waals surface area contributed by atoms with E-state index in [2.05, 4.69) is 15.0 Å². The lowest BCUT2D eigenvalue weighted by molar-refractivity contribution is -0.120. The van der Waals surface area contributed by atoms with Crippen LogP contribution in [0, 0.1) is 0 Å². The Morgan fingerprint density at radius 1 is 1.33 bits per heavy atom. The number of amidine groups is 1. The molecule has 0 radical (unpaired) electrons. The Labute approximate surface area is 147 Å². The van der Waals surface area contributed by atoms with Gasteiger partial charge in [0.2, 0.25) is 5.91 Å². The number of carbonyl (C=O) groups excluding carboxylic acids is 1. The number of amides is 1. The van der Waals surface area contributed by atoms with Gasteiger partial charge < -0.3 is 5.32 Å². The minimum absolute atomic E-state index is 0.0548. The summed E-state index contributed by atoms with van der Waals surface area (Å²) in [5, 5.41) is 3.31. The van der Waals surface area contributed by atoms with E-state index in [4.69, 9.17) is 11.6 Å². The number of carbonyl (C=O) groups is 1. The van der Waals surface area contributed by atoms with Gasteiger partial charge in [-0.05, 0) is 38.0 Å². The van der Waals surface area contributed by atoms with E-state index in [0.717, 1.165) is 6.42 Å². The predicted molar refractivity (Wildman–Crippen MR) is 96.3 cm³/mol. The van der Waals surface area contributed by atoms with Gasteiger partial charge in [0.15, 0.2) is 0 Å². The Kier molecular flexibility index (Phi) is 5.66. The summed E-state index contributed by atoms with van der Waals surface area (Å²) in [7, 11) is -3.70. The van der Waals surface area contributed by atoms with Crippen LogP contribution in [0.1, 0.15) is 32.8 Å². The summed E-state index contributed by atoms with van der Waals surface area (Å²) in [6, 6.07) is 6.58. The van der Waals surface area contributed by atoms with Crippen molar-refractivity contribution in [1.29, 1.82) is 0 Å². The average Bonchev–Trinajstić information content (AvgIpc) is 2.75. The molecule has 24 heavy (non-hydrogen) atoms. The van der Waals surface area contributed by atoms with Gasteiger partial charge in [-0.15, -0.1) is 0 Å². The highest BCUT2D eigenvalue weighted by Gasteiger charge is 2.32. The minimum Gasteiger partial charge on any atom is -0.352 e. The van der Waals surface area contributed by atoms with Gasteiger partial charge >= 0.3 is 0 Å². The first-order chi connectivity index (χ1) is 11.2. The summed E-state index contributed by atoms with van der Waals surface area (Å²) in [6.07, 6.45) is 0.814. The minimum atomic E-state index is -3.70. The zero-order chi connectivity index (χ0) is 17.9. The number of hydrogen-bond donors (Lipinski definition) is 2. The van der Waals surface area contributed by atoms with E-state index >= 15 is 0 Å². The Balaban J connectivity index is 2.26. The van der Waals surface area contributed by atoms with Crippen molar-refractivity contribution in [3.8, 4) is 0 Å². The highest BCUT2D eigenvalue weighted by Crippen LogP contribution is 2.30. The molecule has 0 aromatic heterocycles. The van der Waals surface area contributed by atoms with Crippen molar-refractivity contribution in [2.45, 2.75) is 33.2 Å². The van der Waals surface area contributed by atoms with Gasteiger partial charge in [0.05, 0.1) is 0 Å². The van der Waals surface area contributed by atoms with E-state index in [9.17, 15) is 13.2 Å². The van der Waals surface area contributed by atoms with Crippen LogP contribution in [0.4, 0.5) is 0 Å². The molecule has 2 N–H and O–H groups in total. The summed E-state index contributed by atoms with van der Waals surface area (Å²) in [5.74, 6) is -0.0527. The standard InChI is InChI=1S/C16H20ClN3O3S/c1-4-10(2)19-14(21)9-18-16-11(3)15(24(22,23)20-16)12-5-7-13(17)8-6-12/h5-8,10H,4,9H2,1-3H3,(H,18,20)(H,19,21)/t10-/m1/s1. The molecule has 1 aromatic carbocycles. The average molecular weight is 370 g/mol. The first kappa shape index (κ1) is 18.5. The molecule has 0 unspecified atom stereocenters. The molecule has 1 heterocycles. The third kappa shape index (κ3) is 4.15. The lowest BCUT2D eigenvalue weighted by Crippen LogP contribution is -2.34. The molecule has 0 spiro atoms. The number of sulfonamides is 1. The zero-order valence-corrected chi connectivity index (χ0v) is 15.3. The molecule has 2 rings (SSSR count). The molecule has 1 atom stereocenters. The number of halogens is 1. The lowest BCUT2D eigenvalue weighted by atomic mass is 10.1. The van der Waals surface area contributed by atoms with Crippen LogP contribution in [0.2, 0.25) is 5.02 Å². The summed E-state index contributed by atoms with van der Waals surface area (Å²) in [4.78, 5) is 16.1. The topological polar surface area (TPSA) is 87.6 Å². The Hall–Kier alpha value is -1.86. The van der Waals surface area contributed by atoms with Gasteiger partial charge in [-0.1, -0.05) is 30.7 Å². The third-order valence-corrected chi connectivity index (χ3v) is 5.50. The van der Waals surface area contributed by atoms with Crippen LogP contribution in [0.25, 0.3) is 4.91 Å². The summed E-state index contributed by atoms with van der Waals surface area (Å²) < 4.78 is 27.1. The highest BCUT2D eigenvalue weighted by molar-refractivity contribution is 8.00. The molecule has 1 amide bonds. The van der Waals surface area contributed by atoms with Crippen molar-refractivity contribution in [3.63, 3.8) is 0 Å². The molecule has 1 aliphatic heterocycles. The van der Waals surface area contributed by atoms with Crippen LogP contribution >= 0.6 is 11.6 Å². The van der Waals surface area contributed by atoms with Crippen LogP contribution in [-0.2, 0) is 14.8 Å². The third-order valence-electron chi connectivity index (χ3n) is 3.70. The zero-order valence-electron chi connectivity index (χ0n) is 13.8. The fraction of sp³-hybridized carbons (Fsp3) is 0.375. The highest BCUT2D eigenvalue weighted by atomic mass is 35.5. The van der Waals surface area contributed by atoms with E-state index < -0.39 is 10.0 Å². The Bertz CT molecular complexity index is 798. The molecular weight excluding hydrogens is 350 g/mol. The first-order valence-corrected chi connectivity index (χ1v) is 9.44. The van der Waals surface area contributed by atoms with E-state index in [0.29, 0.717) is 16.2 Å². The van der Waals surface area contributed by atoms with E-state index in [-0.39, 0.29) is 29.2 Å². The lowest BCUT2D eigenvalue weighted by Gasteiger charge is -2.09. The van der Waals surface area contributed by atoms with Gasteiger partial charge in [0.1, 0.15) is 17.3 Å². The SMILES string of the molecule is CC[C@@H](C)NC(=O)CN=C1NS(=O)(=O)C(c2ccc(Cl)cc2)=C1C. The van der Waals surface area contributed by atoms with Crippen molar-refractivity contribution in [2.24, 2.45) is 4.99 Å². The molecule has 6 nitrogen and oxygen atoms in total. The maximum Gasteiger partial charge on any atom is 0.264 e. The molecule has 0 saturated carbocycles. The molecule has 8 heteroatoms. The van der Waals surface area contributed by atoms with Gasteiger partial charge in [-0.25, -0.2) is 8.42 Å². The summed E-state index contributed by atoms with van der Waals surface area (Å²) in [5.41, 5.74) is 1.01.